The molecule has 0 radical (unpaired) electrons. The third-order valence-electron chi connectivity index (χ3n) is 4.08. The smallest absolute Gasteiger partial charge is 0.0766 e. The van der Waals surface area contributed by atoms with Crippen LogP contribution in [0.3, 0.4) is 0 Å². The topological polar surface area (TPSA) is 61.7 Å². The van der Waals surface area contributed by atoms with E-state index < -0.39 is 0 Å². The molecule has 0 aliphatic carbocycles. The number of hydrogen-bond acceptors (Lipinski definition) is 3. The Morgan fingerprint density at radius 3 is 2.29 bits per heavy atom. The monoisotopic (exact) mass is 353 g/mol. The molecule has 2 heterocycles. The molecule has 5 nitrogen and oxygen atoms in total. The van der Waals surface area contributed by atoms with Crippen molar-refractivity contribution in [2.75, 3.05) is 0 Å². The molecule has 0 saturated heterocycles. The summed E-state index contributed by atoms with van der Waals surface area (Å²) in [7, 11) is 3.95. The second-order valence-corrected chi connectivity index (χ2v) is 6.42. The van der Waals surface area contributed by atoms with Crippen molar-refractivity contribution in [3.05, 3.63) is 32.8 Å². The first-order valence-electron chi connectivity index (χ1n) is 7.30. The van der Waals surface area contributed by atoms with Crippen LogP contribution in [-0.2, 0) is 33.4 Å². The highest BCUT2D eigenvalue weighted by Gasteiger charge is 2.18. The van der Waals surface area contributed by atoms with Gasteiger partial charge in [0.2, 0.25) is 0 Å². The Morgan fingerprint density at radius 2 is 1.81 bits per heavy atom. The van der Waals surface area contributed by atoms with Gasteiger partial charge in [-0.1, -0.05) is 6.92 Å². The summed E-state index contributed by atoms with van der Waals surface area (Å²) in [5.41, 5.74) is 12.2. The van der Waals surface area contributed by atoms with Crippen molar-refractivity contribution >= 4 is 15.9 Å². The van der Waals surface area contributed by atoms with Crippen LogP contribution in [0, 0.1) is 13.8 Å². The molecular formula is C15H24BrN5. The van der Waals surface area contributed by atoms with Crippen molar-refractivity contribution in [3.63, 3.8) is 0 Å². The Bertz CT molecular complexity index is 641. The van der Waals surface area contributed by atoms with Gasteiger partial charge < -0.3 is 5.73 Å². The van der Waals surface area contributed by atoms with Crippen molar-refractivity contribution in [2.45, 2.75) is 46.1 Å². The molecule has 0 spiro atoms. The average molecular weight is 354 g/mol. The van der Waals surface area contributed by atoms with Crippen molar-refractivity contribution in [3.8, 4) is 0 Å². The molecule has 2 N–H and O–H groups in total. The number of nitrogens with zero attached hydrogens (tertiary/aromatic N) is 4. The average Bonchev–Trinajstić information content (AvgIpc) is 2.83. The summed E-state index contributed by atoms with van der Waals surface area (Å²) in [5, 5.41) is 8.98. The number of aromatic nitrogens is 4. The van der Waals surface area contributed by atoms with E-state index in [2.05, 4.69) is 40.0 Å². The first-order valence-corrected chi connectivity index (χ1v) is 8.09. The fraction of sp³-hybridized carbons (Fsp3) is 0.600. The van der Waals surface area contributed by atoms with Gasteiger partial charge in [-0.25, -0.2) is 0 Å². The van der Waals surface area contributed by atoms with Crippen LogP contribution in [0.15, 0.2) is 4.47 Å². The lowest BCUT2D eigenvalue weighted by Crippen LogP contribution is -2.27. The standard InChI is InChI=1S/C15H24BrN5/c1-6-13-15(16)14(21(5)19-13)8-11(17)7-12-9(2)18-20(4)10(12)3/h11H,6-8,17H2,1-5H3. The number of rotatable bonds is 5. The molecule has 21 heavy (non-hydrogen) atoms. The van der Waals surface area contributed by atoms with Gasteiger partial charge in [-0.05, 0) is 48.2 Å². The second kappa shape index (κ2) is 6.32. The van der Waals surface area contributed by atoms with Gasteiger partial charge in [0.15, 0.2) is 0 Å². The summed E-state index contributed by atoms with van der Waals surface area (Å²) in [6, 6.07) is 0.0583. The van der Waals surface area contributed by atoms with Crippen molar-refractivity contribution < 1.29 is 0 Å². The van der Waals surface area contributed by atoms with Crippen LogP contribution in [0.25, 0.3) is 0 Å². The van der Waals surface area contributed by atoms with Crippen LogP contribution in [0.2, 0.25) is 0 Å². The molecule has 0 aliphatic rings. The minimum Gasteiger partial charge on any atom is -0.327 e. The maximum Gasteiger partial charge on any atom is 0.0766 e. The van der Waals surface area contributed by atoms with Crippen molar-refractivity contribution in [1.29, 1.82) is 0 Å². The van der Waals surface area contributed by atoms with Gasteiger partial charge >= 0.3 is 0 Å². The summed E-state index contributed by atoms with van der Waals surface area (Å²) in [4.78, 5) is 0. The Hall–Kier alpha value is -1.14. The zero-order valence-corrected chi connectivity index (χ0v) is 15.0. The fourth-order valence-corrected chi connectivity index (χ4v) is 3.52. The van der Waals surface area contributed by atoms with Crippen molar-refractivity contribution in [1.82, 2.24) is 19.6 Å². The zero-order chi connectivity index (χ0) is 15.7. The normalized spacial score (nSPS) is 12.9. The number of aryl methyl sites for hydroxylation is 4. The summed E-state index contributed by atoms with van der Waals surface area (Å²) in [5.74, 6) is 0. The molecule has 116 valence electrons. The molecule has 6 heteroatoms. The Balaban J connectivity index is 2.15. The number of nitrogens with two attached hydrogens (primary N) is 1. The van der Waals surface area contributed by atoms with E-state index in [1.165, 1.54) is 17.0 Å². The summed E-state index contributed by atoms with van der Waals surface area (Å²) >= 11 is 3.65. The molecule has 0 aliphatic heterocycles. The third kappa shape index (κ3) is 3.21. The maximum absolute atomic E-state index is 6.37. The highest BCUT2D eigenvalue weighted by Crippen LogP contribution is 2.23. The number of halogens is 1. The first kappa shape index (κ1) is 16.2. The quantitative estimate of drug-likeness (QED) is 0.896. The van der Waals surface area contributed by atoms with Crippen LogP contribution >= 0.6 is 15.9 Å². The van der Waals surface area contributed by atoms with Gasteiger partial charge in [0, 0.05) is 32.3 Å². The molecule has 0 aromatic carbocycles. The van der Waals surface area contributed by atoms with E-state index in [9.17, 15) is 0 Å². The van der Waals surface area contributed by atoms with Gasteiger partial charge in [-0.2, -0.15) is 10.2 Å². The Kier molecular flexibility index (Phi) is 4.88. The maximum atomic E-state index is 6.37. The molecule has 2 aromatic rings. The van der Waals surface area contributed by atoms with E-state index in [0.29, 0.717) is 0 Å². The van der Waals surface area contributed by atoms with E-state index in [4.69, 9.17) is 5.73 Å². The second-order valence-electron chi connectivity index (χ2n) is 5.63. The highest BCUT2D eigenvalue weighted by atomic mass is 79.9. The van der Waals surface area contributed by atoms with E-state index in [1.807, 2.05) is 30.4 Å². The first-order chi connectivity index (χ1) is 9.85. The van der Waals surface area contributed by atoms with Gasteiger partial charge in [0.1, 0.15) is 0 Å². The van der Waals surface area contributed by atoms with Crippen LogP contribution in [0.1, 0.15) is 35.3 Å². The number of hydrogen-bond donors (Lipinski definition) is 1. The summed E-state index contributed by atoms with van der Waals surface area (Å²) in [6.07, 6.45) is 2.56. The molecule has 0 bridgehead atoms. The highest BCUT2D eigenvalue weighted by molar-refractivity contribution is 9.10. The Labute approximate surface area is 134 Å². The predicted molar refractivity (Wildman–Crippen MR) is 88.4 cm³/mol. The molecule has 0 saturated carbocycles. The molecule has 1 atom stereocenters. The van der Waals surface area contributed by atoms with Gasteiger partial charge in [-0.15, -0.1) is 0 Å². The predicted octanol–water partition coefficient (Wildman–Crippen LogP) is 2.21. The van der Waals surface area contributed by atoms with Gasteiger partial charge in [-0.3, -0.25) is 9.36 Å². The largest absolute Gasteiger partial charge is 0.327 e. The zero-order valence-electron chi connectivity index (χ0n) is 13.4. The van der Waals surface area contributed by atoms with E-state index >= 15 is 0 Å². The van der Waals surface area contributed by atoms with Crippen LogP contribution in [-0.4, -0.2) is 25.6 Å². The van der Waals surface area contributed by atoms with Crippen molar-refractivity contribution in [2.24, 2.45) is 19.8 Å². The van der Waals surface area contributed by atoms with Crippen LogP contribution in [0.4, 0.5) is 0 Å². The fourth-order valence-electron chi connectivity index (χ4n) is 2.74. The third-order valence-corrected chi connectivity index (χ3v) is 5.00. The molecule has 0 amide bonds. The lowest BCUT2D eigenvalue weighted by Gasteiger charge is -2.13. The SMILES string of the molecule is CCc1nn(C)c(CC(N)Cc2c(C)nn(C)c2C)c1Br. The molecular weight excluding hydrogens is 330 g/mol. The van der Waals surface area contributed by atoms with Gasteiger partial charge in [0.25, 0.3) is 0 Å². The lowest BCUT2D eigenvalue weighted by molar-refractivity contribution is 0.607. The van der Waals surface area contributed by atoms with E-state index in [-0.39, 0.29) is 6.04 Å². The summed E-state index contributed by atoms with van der Waals surface area (Å²) < 4.78 is 4.96. The molecule has 0 fully saturated rings. The molecule has 1 unspecified atom stereocenters. The molecule has 2 aromatic heterocycles. The summed E-state index contributed by atoms with van der Waals surface area (Å²) in [6.45, 7) is 6.25. The molecule has 2 rings (SSSR count). The van der Waals surface area contributed by atoms with E-state index in [0.717, 1.165) is 35.1 Å². The minimum atomic E-state index is 0.0583. The minimum absolute atomic E-state index is 0.0583. The van der Waals surface area contributed by atoms with Gasteiger partial charge in [0.05, 0.1) is 21.6 Å². The van der Waals surface area contributed by atoms with Crippen LogP contribution in [0.5, 0.6) is 0 Å². The van der Waals surface area contributed by atoms with E-state index in [1.54, 1.807) is 0 Å². The lowest BCUT2D eigenvalue weighted by atomic mass is 10.0. The Morgan fingerprint density at radius 1 is 1.14 bits per heavy atom. The van der Waals surface area contributed by atoms with Crippen LogP contribution < -0.4 is 5.73 Å².